The molecule has 2 heterocycles. The van der Waals surface area contributed by atoms with Gasteiger partial charge in [0.25, 0.3) is 0 Å². The highest BCUT2D eigenvalue weighted by atomic mass is 16.4. The van der Waals surface area contributed by atoms with E-state index in [1.165, 1.54) is 17.2 Å². The first-order valence-electron chi connectivity index (χ1n) is 8.98. The van der Waals surface area contributed by atoms with Crippen LogP contribution in [0.15, 0.2) is 42.7 Å². The van der Waals surface area contributed by atoms with E-state index in [0.29, 0.717) is 17.8 Å². The maximum absolute atomic E-state index is 10.5. The van der Waals surface area contributed by atoms with Gasteiger partial charge in [-0.1, -0.05) is 24.3 Å². The highest BCUT2D eigenvalue weighted by Crippen LogP contribution is 2.28. The molecule has 1 atom stereocenters. The van der Waals surface area contributed by atoms with Gasteiger partial charge < -0.3 is 10.4 Å². The number of carboxylic acid groups (broad SMARTS) is 1. The molecule has 1 aromatic heterocycles. The van der Waals surface area contributed by atoms with Gasteiger partial charge in [0, 0.05) is 31.2 Å². The molecule has 0 bridgehead atoms. The molecule has 2 aliphatic rings. The molecule has 0 amide bonds. The molecule has 0 saturated carbocycles. The number of nitrogens with one attached hydrogen (secondary N) is 1. The molecule has 134 valence electrons. The predicted molar refractivity (Wildman–Crippen MR) is 99.9 cm³/mol. The Kier molecular flexibility index (Phi) is 4.67. The number of benzene rings is 1. The second kappa shape index (κ2) is 7.25. The summed E-state index contributed by atoms with van der Waals surface area (Å²) in [6.07, 6.45) is 9.13. The highest BCUT2D eigenvalue weighted by Gasteiger charge is 2.32. The predicted octanol–water partition coefficient (Wildman–Crippen LogP) is 2.23. The molecule has 2 aromatic rings. The minimum atomic E-state index is -0.992. The van der Waals surface area contributed by atoms with Crippen LogP contribution in [0.25, 0.3) is 6.08 Å². The Hall–Kier alpha value is -2.73. The molecule has 6 nitrogen and oxygen atoms in total. The van der Waals surface area contributed by atoms with Crippen LogP contribution in [0.3, 0.4) is 0 Å². The second-order valence-electron chi connectivity index (χ2n) is 6.95. The number of hydrogen-bond donors (Lipinski definition) is 2. The van der Waals surface area contributed by atoms with Crippen LogP contribution in [0.5, 0.6) is 0 Å². The molecular formula is C20H22N4O2. The van der Waals surface area contributed by atoms with Gasteiger partial charge in [-0.05, 0) is 36.5 Å². The maximum Gasteiger partial charge on any atom is 0.328 e. The summed E-state index contributed by atoms with van der Waals surface area (Å²) in [5.74, 6) is -0.256. The molecular weight excluding hydrogens is 328 g/mol. The average Bonchev–Trinajstić information content (AvgIpc) is 3.27. The second-order valence-corrected chi connectivity index (χ2v) is 6.95. The lowest BCUT2D eigenvalue weighted by Crippen LogP contribution is -2.35. The number of hydrogen-bond acceptors (Lipinski definition) is 5. The Labute approximate surface area is 152 Å². The lowest BCUT2D eigenvalue weighted by molar-refractivity contribution is -0.131. The number of carboxylic acids is 1. The maximum atomic E-state index is 10.5. The van der Waals surface area contributed by atoms with Gasteiger partial charge in [0.05, 0.1) is 18.1 Å². The first kappa shape index (κ1) is 16.7. The lowest BCUT2D eigenvalue weighted by Gasteiger charge is -2.23. The number of anilines is 1. The Morgan fingerprint density at radius 2 is 1.96 bits per heavy atom. The van der Waals surface area contributed by atoms with E-state index in [-0.39, 0.29) is 0 Å². The first-order valence-corrected chi connectivity index (χ1v) is 8.98. The van der Waals surface area contributed by atoms with Crippen LogP contribution in [0.1, 0.15) is 23.2 Å². The number of carbonyl (C=O) groups is 1. The molecule has 1 aromatic carbocycles. The first-order chi connectivity index (χ1) is 12.7. The van der Waals surface area contributed by atoms with Crippen molar-refractivity contribution in [2.45, 2.75) is 31.3 Å². The van der Waals surface area contributed by atoms with Crippen molar-refractivity contribution in [2.24, 2.45) is 0 Å². The van der Waals surface area contributed by atoms with E-state index in [2.05, 4.69) is 44.5 Å². The standard InChI is InChI=1S/C20H22N4O2/c25-20(26)6-5-16-11-22-19(12-21-16)23-17-7-8-24(13-17)18-9-14-3-1-2-4-15(14)10-18/h1-6,11-12,17-18H,7-10,13H2,(H,22,23)(H,25,26)/b6-5+/t17-/m1/s1. The van der Waals surface area contributed by atoms with Crippen molar-refractivity contribution >= 4 is 17.9 Å². The molecule has 0 unspecified atom stereocenters. The molecule has 1 aliphatic carbocycles. The fourth-order valence-corrected chi connectivity index (χ4v) is 3.90. The van der Waals surface area contributed by atoms with E-state index < -0.39 is 5.97 Å². The lowest BCUT2D eigenvalue weighted by atomic mass is 10.1. The number of aromatic nitrogens is 2. The van der Waals surface area contributed by atoms with Crippen molar-refractivity contribution < 1.29 is 9.90 Å². The fourth-order valence-electron chi connectivity index (χ4n) is 3.90. The largest absolute Gasteiger partial charge is 0.478 e. The third-order valence-electron chi connectivity index (χ3n) is 5.19. The van der Waals surface area contributed by atoms with E-state index in [1.807, 2.05) is 0 Å². The van der Waals surface area contributed by atoms with Crippen LogP contribution in [0, 0.1) is 0 Å². The quantitative estimate of drug-likeness (QED) is 0.805. The zero-order chi connectivity index (χ0) is 17.9. The Bertz CT molecular complexity index is 794. The molecule has 0 spiro atoms. The fraction of sp³-hybridized carbons (Fsp3) is 0.350. The van der Waals surface area contributed by atoms with Crippen molar-refractivity contribution in [1.29, 1.82) is 0 Å². The number of aliphatic carboxylic acids is 1. The number of rotatable bonds is 5. The topological polar surface area (TPSA) is 78.3 Å². The monoisotopic (exact) mass is 350 g/mol. The summed E-state index contributed by atoms with van der Waals surface area (Å²) in [5.41, 5.74) is 3.52. The van der Waals surface area contributed by atoms with Gasteiger partial charge in [-0.3, -0.25) is 9.88 Å². The molecule has 2 N–H and O–H groups in total. The molecule has 1 saturated heterocycles. The van der Waals surface area contributed by atoms with Gasteiger partial charge in [-0.15, -0.1) is 0 Å². The van der Waals surface area contributed by atoms with E-state index >= 15 is 0 Å². The summed E-state index contributed by atoms with van der Waals surface area (Å²) >= 11 is 0. The van der Waals surface area contributed by atoms with Gasteiger partial charge in [-0.25, -0.2) is 9.78 Å². The summed E-state index contributed by atoms with van der Waals surface area (Å²) in [6.45, 7) is 2.12. The molecule has 1 aliphatic heterocycles. The van der Waals surface area contributed by atoms with Crippen molar-refractivity contribution in [2.75, 3.05) is 18.4 Å². The zero-order valence-electron chi connectivity index (χ0n) is 14.5. The van der Waals surface area contributed by atoms with Crippen LogP contribution >= 0.6 is 0 Å². The van der Waals surface area contributed by atoms with Crippen LogP contribution in [0.4, 0.5) is 5.82 Å². The van der Waals surface area contributed by atoms with E-state index in [1.54, 1.807) is 12.4 Å². The normalized spacial score (nSPS) is 20.5. The van der Waals surface area contributed by atoms with Crippen LogP contribution in [-0.4, -0.2) is 51.1 Å². The molecule has 1 fully saturated rings. The number of nitrogens with zero attached hydrogens (tertiary/aromatic N) is 3. The van der Waals surface area contributed by atoms with Crippen molar-refractivity contribution in [3.63, 3.8) is 0 Å². The number of fused-ring (bicyclic) bond motifs is 1. The van der Waals surface area contributed by atoms with E-state index in [9.17, 15) is 4.79 Å². The van der Waals surface area contributed by atoms with Gasteiger partial charge in [-0.2, -0.15) is 0 Å². The SMILES string of the molecule is O=C(O)/C=C/c1cnc(N[C@@H]2CCN(C3Cc4ccccc4C3)C2)cn1. The third kappa shape index (κ3) is 3.75. The Balaban J connectivity index is 1.31. The van der Waals surface area contributed by atoms with Crippen molar-refractivity contribution in [3.8, 4) is 0 Å². The third-order valence-corrected chi connectivity index (χ3v) is 5.19. The van der Waals surface area contributed by atoms with E-state index in [0.717, 1.165) is 44.2 Å². The molecule has 0 radical (unpaired) electrons. The van der Waals surface area contributed by atoms with Gasteiger partial charge >= 0.3 is 5.97 Å². The molecule has 4 rings (SSSR count). The summed E-state index contributed by atoms with van der Waals surface area (Å²) < 4.78 is 0. The van der Waals surface area contributed by atoms with Crippen LogP contribution in [0.2, 0.25) is 0 Å². The highest BCUT2D eigenvalue weighted by molar-refractivity contribution is 5.84. The minimum absolute atomic E-state index is 0.369. The summed E-state index contributed by atoms with van der Waals surface area (Å²) in [4.78, 5) is 21.7. The van der Waals surface area contributed by atoms with Crippen molar-refractivity contribution in [1.82, 2.24) is 14.9 Å². The van der Waals surface area contributed by atoms with Gasteiger partial charge in [0.1, 0.15) is 5.82 Å². The van der Waals surface area contributed by atoms with Crippen molar-refractivity contribution in [3.05, 3.63) is 59.6 Å². The summed E-state index contributed by atoms with van der Waals surface area (Å²) in [6, 6.07) is 9.73. The summed E-state index contributed by atoms with van der Waals surface area (Å²) in [7, 11) is 0. The van der Waals surface area contributed by atoms with E-state index in [4.69, 9.17) is 5.11 Å². The smallest absolute Gasteiger partial charge is 0.328 e. The van der Waals surface area contributed by atoms with Gasteiger partial charge in [0.15, 0.2) is 0 Å². The Morgan fingerprint density at radius 1 is 1.19 bits per heavy atom. The summed E-state index contributed by atoms with van der Waals surface area (Å²) in [5, 5.41) is 12.1. The minimum Gasteiger partial charge on any atom is -0.478 e. The molecule has 26 heavy (non-hydrogen) atoms. The Morgan fingerprint density at radius 3 is 2.62 bits per heavy atom. The van der Waals surface area contributed by atoms with Crippen LogP contribution in [-0.2, 0) is 17.6 Å². The van der Waals surface area contributed by atoms with Gasteiger partial charge in [0.2, 0.25) is 0 Å². The average molecular weight is 350 g/mol. The molecule has 6 heteroatoms. The van der Waals surface area contributed by atoms with Crippen LogP contribution < -0.4 is 5.32 Å². The zero-order valence-corrected chi connectivity index (χ0v) is 14.5. The number of likely N-dealkylation sites (tertiary alicyclic amines) is 1.